The number of nitrogens with zero attached hydrogens (tertiary/aromatic N) is 1. The Morgan fingerprint density at radius 2 is 1.56 bits per heavy atom. The SMILES string of the molecule is CC(C)CN(C[C@@H](OCO[C@@H]1CO[C@@H]2OCC[C@@H]21)[C@H](Cc1ccccc1)NC(=O)OC1CO[C@H]2OCCC12)S(=O)(=O)c1ccc(N)cc1. The molecule has 0 bridgehead atoms. The van der Waals surface area contributed by atoms with E-state index in [1.807, 2.05) is 44.2 Å². The first-order valence-corrected chi connectivity index (χ1v) is 18.2. The van der Waals surface area contributed by atoms with Crippen molar-refractivity contribution in [3.8, 4) is 0 Å². The van der Waals surface area contributed by atoms with Gasteiger partial charge in [-0.2, -0.15) is 4.31 Å². The summed E-state index contributed by atoms with van der Waals surface area (Å²) < 4.78 is 70.7. The van der Waals surface area contributed by atoms with Gasteiger partial charge in [0.15, 0.2) is 12.6 Å². The third kappa shape index (κ3) is 8.48. The zero-order valence-electron chi connectivity index (χ0n) is 27.5. The Morgan fingerprint density at radius 1 is 0.917 bits per heavy atom. The topological polar surface area (TPSA) is 157 Å². The Hall–Kier alpha value is -2.82. The molecule has 0 spiro atoms. The highest BCUT2D eigenvalue weighted by Gasteiger charge is 2.45. The summed E-state index contributed by atoms with van der Waals surface area (Å²) in [6, 6.07) is 15.1. The van der Waals surface area contributed by atoms with Crippen LogP contribution in [0.1, 0.15) is 32.3 Å². The van der Waals surface area contributed by atoms with E-state index in [0.717, 1.165) is 18.4 Å². The molecule has 2 aromatic carbocycles. The van der Waals surface area contributed by atoms with Crippen molar-refractivity contribution in [1.82, 2.24) is 9.62 Å². The molecule has 2 unspecified atom stereocenters. The minimum absolute atomic E-state index is 0.00478. The number of nitrogens with one attached hydrogen (secondary N) is 1. The summed E-state index contributed by atoms with van der Waals surface area (Å²) in [6.07, 6.45) is -0.902. The van der Waals surface area contributed by atoms with Crippen molar-refractivity contribution in [1.29, 1.82) is 0 Å². The fourth-order valence-corrected chi connectivity index (χ4v) is 8.41. The largest absolute Gasteiger partial charge is 0.443 e. The first-order chi connectivity index (χ1) is 23.2. The summed E-state index contributed by atoms with van der Waals surface area (Å²) in [5.41, 5.74) is 7.26. The van der Waals surface area contributed by atoms with Gasteiger partial charge in [0.25, 0.3) is 0 Å². The Morgan fingerprint density at radius 3 is 2.23 bits per heavy atom. The van der Waals surface area contributed by atoms with Crippen LogP contribution in [0.3, 0.4) is 0 Å². The van der Waals surface area contributed by atoms with Crippen molar-refractivity contribution in [2.75, 3.05) is 52.0 Å². The van der Waals surface area contributed by atoms with Crippen molar-refractivity contribution in [2.24, 2.45) is 17.8 Å². The van der Waals surface area contributed by atoms with Crippen LogP contribution in [0.4, 0.5) is 10.5 Å². The van der Waals surface area contributed by atoms with Crippen LogP contribution in [-0.2, 0) is 49.6 Å². The number of ether oxygens (including phenoxy) is 7. The Labute approximate surface area is 282 Å². The first-order valence-electron chi connectivity index (χ1n) is 16.7. The van der Waals surface area contributed by atoms with Crippen LogP contribution in [0.15, 0.2) is 59.5 Å². The summed E-state index contributed by atoms with van der Waals surface area (Å²) in [6.45, 7) is 5.70. The van der Waals surface area contributed by atoms with Crippen LogP contribution in [-0.4, -0.2) is 102 Å². The molecule has 8 atom stereocenters. The van der Waals surface area contributed by atoms with Crippen LogP contribution in [0, 0.1) is 17.8 Å². The zero-order chi connectivity index (χ0) is 33.7. The second-order valence-electron chi connectivity index (χ2n) is 13.2. The summed E-state index contributed by atoms with van der Waals surface area (Å²) in [4.78, 5) is 13.6. The second kappa shape index (κ2) is 15.8. The molecule has 6 rings (SSSR count). The number of alkyl carbamates (subject to hydrolysis) is 1. The Kier molecular flexibility index (Phi) is 11.5. The van der Waals surface area contributed by atoms with Gasteiger partial charge in [-0.15, -0.1) is 0 Å². The van der Waals surface area contributed by atoms with E-state index in [1.54, 1.807) is 12.1 Å². The van der Waals surface area contributed by atoms with E-state index in [1.165, 1.54) is 16.4 Å². The predicted molar refractivity (Wildman–Crippen MR) is 174 cm³/mol. The van der Waals surface area contributed by atoms with Crippen molar-refractivity contribution >= 4 is 21.8 Å². The standard InChI is InChI=1S/C34H47N3O10S/c1-22(2)17-37(48(39,40)25-10-8-24(35)9-11-25)18-29(45-21-46-30-19-43-32-26(30)12-14-41-32)28(16-23-6-4-3-5-7-23)36-34(38)47-31-20-44-33-27(31)13-15-42-33/h3-11,22,26-33H,12-21,35H2,1-2H3,(H,36,38)/t26-,27?,28+,29-,30-,31?,32+,33-/m1/s1. The van der Waals surface area contributed by atoms with Gasteiger partial charge in [0, 0.05) is 24.7 Å². The molecule has 48 heavy (non-hydrogen) atoms. The third-order valence-electron chi connectivity index (χ3n) is 9.31. The minimum Gasteiger partial charge on any atom is -0.443 e. The monoisotopic (exact) mass is 689 g/mol. The number of fused-ring (bicyclic) bond motifs is 2. The van der Waals surface area contributed by atoms with E-state index >= 15 is 0 Å². The third-order valence-corrected chi connectivity index (χ3v) is 11.2. The van der Waals surface area contributed by atoms with Crippen molar-refractivity contribution < 1.29 is 46.4 Å². The van der Waals surface area contributed by atoms with Crippen molar-refractivity contribution in [3.63, 3.8) is 0 Å². The maximum atomic E-state index is 14.1. The molecule has 13 nitrogen and oxygen atoms in total. The molecule has 4 fully saturated rings. The lowest BCUT2D eigenvalue weighted by molar-refractivity contribution is -0.134. The molecular weight excluding hydrogens is 642 g/mol. The fourth-order valence-electron chi connectivity index (χ4n) is 6.79. The molecule has 0 radical (unpaired) electrons. The molecule has 14 heteroatoms. The number of sulfonamides is 1. The van der Waals surface area contributed by atoms with Gasteiger partial charge in [-0.25, -0.2) is 13.2 Å². The second-order valence-corrected chi connectivity index (χ2v) is 15.2. The van der Waals surface area contributed by atoms with Crippen LogP contribution < -0.4 is 11.1 Å². The van der Waals surface area contributed by atoms with Crippen molar-refractivity contribution in [2.45, 2.75) is 74.9 Å². The van der Waals surface area contributed by atoms with Crippen LogP contribution >= 0.6 is 0 Å². The number of benzene rings is 2. The van der Waals surface area contributed by atoms with Crippen LogP contribution in [0.2, 0.25) is 0 Å². The summed E-state index contributed by atoms with van der Waals surface area (Å²) in [5, 5.41) is 3.02. The normalized spacial score (nSPS) is 28.0. The molecule has 0 aliphatic carbocycles. The highest BCUT2D eigenvalue weighted by Crippen LogP contribution is 2.34. The number of hydrogen-bond acceptors (Lipinski definition) is 11. The highest BCUT2D eigenvalue weighted by molar-refractivity contribution is 7.89. The van der Waals surface area contributed by atoms with E-state index in [4.69, 9.17) is 38.9 Å². The van der Waals surface area contributed by atoms with Gasteiger partial charge in [-0.3, -0.25) is 0 Å². The van der Waals surface area contributed by atoms with Gasteiger partial charge >= 0.3 is 6.09 Å². The van der Waals surface area contributed by atoms with Crippen LogP contribution in [0.5, 0.6) is 0 Å². The quantitative estimate of drug-likeness (QED) is 0.209. The molecule has 2 aromatic rings. The molecule has 264 valence electrons. The van der Waals surface area contributed by atoms with Gasteiger partial charge in [0.2, 0.25) is 10.0 Å². The molecule has 1 amide bonds. The van der Waals surface area contributed by atoms with E-state index < -0.39 is 34.4 Å². The summed E-state index contributed by atoms with van der Waals surface area (Å²) in [5.74, 6) is 0.0582. The molecule has 4 saturated heterocycles. The van der Waals surface area contributed by atoms with Crippen LogP contribution in [0.25, 0.3) is 0 Å². The average Bonchev–Trinajstić information content (AvgIpc) is 3.86. The molecule has 4 aliphatic rings. The number of nitrogen functional groups attached to an aromatic ring is 1. The maximum Gasteiger partial charge on any atom is 0.407 e. The van der Waals surface area contributed by atoms with E-state index in [9.17, 15) is 13.2 Å². The lowest BCUT2D eigenvalue weighted by atomic mass is 10.0. The molecule has 0 aromatic heterocycles. The van der Waals surface area contributed by atoms with Gasteiger partial charge in [-0.05, 0) is 55.0 Å². The predicted octanol–water partition coefficient (Wildman–Crippen LogP) is 3.14. The number of carbonyl (C=O) groups excluding carboxylic acids is 1. The van der Waals surface area contributed by atoms with E-state index in [0.29, 0.717) is 31.9 Å². The van der Waals surface area contributed by atoms with E-state index in [-0.39, 0.29) is 67.8 Å². The van der Waals surface area contributed by atoms with Crippen molar-refractivity contribution in [3.05, 3.63) is 60.2 Å². The number of carbonyl (C=O) groups is 1. The zero-order valence-corrected chi connectivity index (χ0v) is 28.3. The Bertz CT molecular complexity index is 1450. The number of rotatable bonds is 15. The lowest BCUT2D eigenvalue weighted by Gasteiger charge is -2.34. The van der Waals surface area contributed by atoms with Gasteiger partial charge < -0.3 is 44.2 Å². The fraction of sp³-hybridized carbons (Fsp3) is 0.618. The average molecular weight is 690 g/mol. The first kappa shape index (κ1) is 35.0. The van der Waals surface area contributed by atoms with Gasteiger partial charge in [0.05, 0.1) is 55.5 Å². The molecule has 3 N–H and O–H groups in total. The highest BCUT2D eigenvalue weighted by atomic mass is 32.2. The number of amides is 1. The molecular formula is C34H47N3O10S. The smallest absolute Gasteiger partial charge is 0.407 e. The maximum absolute atomic E-state index is 14.1. The molecule has 4 aliphatic heterocycles. The summed E-state index contributed by atoms with van der Waals surface area (Å²) >= 11 is 0. The minimum atomic E-state index is -3.98. The molecule has 4 heterocycles. The number of hydrogen-bond donors (Lipinski definition) is 2. The molecule has 0 saturated carbocycles. The Balaban J connectivity index is 1.25. The van der Waals surface area contributed by atoms with E-state index in [2.05, 4.69) is 5.32 Å². The van der Waals surface area contributed by atoms with Gasteiger partial charge in [-0.1, -0.05) is 44.2 Å². The summed E-state index contributed by atoms with van der Waals surface area (Å²) in [7, 11) is -3.98. The number of nitrogens with two attached hydrogens (primary N) is 1. The lowest BCUT2D eigenvalue weighted by Crippen LogP contribution is -2.53. The van der Waals surface area contributed by atoms with Gasteiger partial charge in [0.1, 0.15) is 12.9 Å². The number of anilines is 1.